The van der Waals surface area contributed by atoms with Crippen molar-refractivity contribution in [2.75, 3.05) is 19.6 Å². The first-order valence-electron chi connectivity index (χ1n) is 12.2. The summed E-state index contributed by atoms with van der Waals surface area (Å²) in [6.07, 6.45) is 2.20. The van der Waals surface area contributed by atoms with E-state index in [2.05, 4.69) is 10.6 Å². The number of benzene rings is 3. The first-order chi connectivity index (χ1) is 17.6. The Kier molecular flexibility index (Phi) is 8.34. The highest BCUT2D eigenvalue weighted by molar-refractivity contribution is 5.86. The molecule has 7 heteroatoms. The molecule has 0 aliphatic carbocycles. The van der Waals surface area contributed by atoms with Crippen LogP contribution in [0.5, 0.6) is 0 Å². The van der Waals surface area contributed by atoms with Crippen molar-refractivity contribution in [3.05, 3.63) is 108 Å². The molecular weight excluding hydrogens is 452 g/mol. The van der Waals surface area contributed by atoms with Gasteiger partial charge in [0.15, 0.2) is 12.2 Å². The lowest BCUT2D eigenvalue weighted by Gasteiger charge is -2.34. The monoisotopic (exact) mass is 484 g/mol. The average molecular weight is 485 g/mol. The van der Waals surface area contributed by atoms with E-state index in [1.165, 1.54) is 0 Å². The summed E-state index contributed by atoms with van der Waals surface area (Å²) in [5.41, 5.74) is 1.33. The summed E-state index contributed by atoms with van der Waals surface area (Å²) < 4.78 is 5.45. The molecule has 0 bridgehead atoms. The Morgan fingerprint density at radius 2 is 1.44 bits per heavy atom. The van der Waals surface area contributed by atoms with Gasteiger partial charge in [-0.1, -0.05) is 91.0 Å². The minimum atomic E-state index is -1.17. The van der Waals surface area contributed by atoms with E-state index in [4.69, 9.17) is 10.1 Å². The Morgan fingerprint density at radius 3 is 1.97 bits per heavy atom. The van der Waals surface area contributed by atoms with Crippen molar-refractivity contribution in [2.45, 2.75) is 25.0 Å². The smallest absolute Gasteiger partial charge is 0.410 e. The summed E-state index contributed by atoms with van der Waals surface area (Å²) in [6.45, 7) is 2.09. The van der Waals surface area contributed by atoms with Crippen molar-refractivity contribution in [3.8, 4) is 0 Å². The molecule has 0 radical (unpaired) electrons. The fourth-order valence-corrected chi connectivity index (χ4v) is 4.50. The zero-order valence-electron chi connectivity index (χ0n) is 20.2. The van der Waals surface area contributed by atoms with Gasteiger partial charge in [-0.2, -0.15) is 0 Å². The number of hydrogen-bond donors (Lipinski definition) is 3. The third kappa shape index (κ3) is 6.10. The number of carbonyl (C=O) groups is 2. The van der Waals surface area contributed by atoms with Crippen molar-refractivity contribution < 1.29 is 14.3 Å². The van der Waals surface area contributed by atoms with E-state index in [0.29, 0.717) is 25.6 Å². The van der Waals surface area contributed by atoms with Crippen LogP contribution in [0, 0.1) is 11.3 Å². The number of aldehydes is 1. The number of piperidine rings is 1. The molecule has 1 aliphatic heterocycles. The maximum absolute atomic E-state index is 12.5. The van der Waals surface area contributed by atoms with Crippen LogP contribution in [0.3, 0.4) is 0 Å². The quantitative estimate of drug-likeness (QED) is 0.252. The molecule has 186 valence electrons. The number of likely N-dealkylation sites (tertiary alicyclic amines) is 1. The molecule has 0 atom stereocenters. The largest absolute Gasteiger partial charge is 0.445 e. The highest BCUT2D eigenvalue weighted by Gasteiger charge is 2.35. The summed E-state index contributed by atoms with van der Waals surface area (Å²) in [5, 5.41) is 14.8. The van der Waals surface area contributed by atoms with E-state index < -0.39 is 5.54 Å². The SMILES string of the molecule is N=C(NCC1CCN(C(=O)OCc2ccccc2)CC1)NC(C=O)(c1ccccc1)c1ccccc1. The van der Waals surface area contributed by atoms with Gasteiger partial charge in [-0.3, -0.25) is 10.2 Å². The van der Waals surface area contributed by atoms with Gasteiger partial charge in [0.25, 0.3) is 0 Å². The van der Waals surface area contributed by atoms with Gasteiger partial charge in [-0.25, -0.2) is 4.79 Å². The number of carbonyl (C=O) groups excluding carboxylic acids is 2. The third-order valence-corrected chi connectivity index (χ3v) is 6.60. The molecule has 3 aromatic carbocycles. The summed E-state index contributed by atoms with van der Waals surface area (Å²) in [5.74, 6) is 0.393. The second-order valence-corrected chi connectivity index (χ2v) is 9.01. The topological polar surface area (TPSA) is 94.5 Å². The van der Waals surface area contributed by atoms with Gasteiger partial charge in [0, 0.05) is 19.6 Å². The lowest BCUT2D eigenvalue weighted by molar-refractivity contribution is -0.111. The molecule has 0 unspecified atom stereocenters. The number of amides is 1. The molecule has 3 aromatic rings. The number of guanidine groups is 1. The second kappa shape index (κ2) is 12.0. The maximum atomic E-state index is 12.5. The summed E-state index contributed by atoms with van der Waals surface area (Å²) in [4.78, 5) is 26.6. The summed E-state index contributed by atoms with van der Waals surface area (Å²) >= 11 is 0. The number of ether oxygens (including phenoxy) is 1. The second-order valence-electron chi connectivity index (χ2n) is 9.01. The lowest BCUT2D eigenvalue weighted by atomic mass is 9.84. The van der Waals surface area contributed by atoms with Gasteiger partial charge in [0.05, 0.1) is 0 Å². The van der Waals surface area contributed by atoms with Crippen LogP contribution >= 0.6 is 0 Å². The predicted molar refractivity (Wildman–Crippen MR) is 140 cm³/mol. The average Bonchev–Trinajstić information content (AvgIpc) is 2.95. The van der Waals surface area contributed by atoms with E-state index >= 15 is 0 Å². The normalized spacial score (nSPS) is 14.1. The fourth-order valence-electron chi connectivity index (χ4n) is 4.50. The fraction of sp³-hybridized carbons (Fsp3) is 0.276. The van der Waals surface area contributed by atoms with Crippen LogP contribution in [0.2, 0.25) is 0 Å². The minimum Gasteiger partial charge on any atom is -0.445 e. The van der Waals surface area contributed by atoms with Crippen molar-refractivity contribution >= 4 is 18.3 Å². The first kappa shape index (κ1) is 25.0. The highest BCUT2D eigenvalue weighted by atomic mass is 16.6. The van der Waals surface area contributed by atoms with Crippen LogP contribution in [0.25, 0.3) is 0 Å². The van der Waals surface area contributed by atoms with Gasteiger partial charge in [0.1, 0.15) is 12.1 Å². The Hall–Kier alpha value is -4.13. The minimum absolute atomic E-state index is 0.0829. The molecule has 36 heavy (non-hydrogen) atoms. The van der Waals surface area contributed by atoms with E-state index in [1.54, 1.807) is 4.90 Å². The van der Waals surface area contributed by atoms with Crippen molar-refractivity contribution in [1.82, 2.24) is 15.5 Å². The predicted octanol–water partition coefficient (Wildman–Crippen LogP) is 4.29. The Labute approximate surface area is 212 Å². The summed E-state index contributed by atoms with van der Waals surface area (Å²) in [7, 11) is 0. The molecule has 1 fully saturated rings. The standard InChI is InChI=1S/C29H32N4O3/c30-27(32-29(22-34,25-12-6-2-7-13-25)26-14-8-3-9-15-26)31-20-23-16-18-33(19-17-23)28(35)36-21-24-10-4-1-5-11-24/h1-15,22-23H,16-21H2,(H3,30,31,32). The van der Waals surface area contributed by atoms with Crippen LogP contribution in [0.15, 0.2) is 91.0 Å². The van der Waals surface area contributed by atoms with Gasteiger partial charge < -0.3 is 20.3 Å². The molecule has 1 saturated heterocycles. The van der Waals surface area contributed by atoms with Gasteiger partial charge in [-0.15, -0.1) is 0 Å². The Bertz CT molecular complexity index is 1090. The van der Waals surface area contributed by atoms with E-state index in [0.717, 1.165) is 35.8 Å². The molecule has 0 spiro atoms. The zero-order valence-corrected chi connectivity index (χ0v) is 20.2. The molecule has 0 saturated carbocycles. The van der Waals surface area contributed by atoms with E-state index in [1.807, 2.05) is 91.0 Å². The maximum Gasteiger partial charge on any atom is 0.410 e. The van der Waals surface area contributed by atoms with Crippen LogP contribution in [-0.2, 0) is 21.7 Å². The number of hydrogen-bond acceptors (Lipinski definition) is 4. The van der Waals surface area contributed by atoms with Gasteiger partial charge in [0.2, 0.25) is 0 Å². The van der Waals surface area contributed by atoms with Gasteiger partial charge >= 0.3 is 6.09 Å². The number of rotatable bonds is 8. The van der Waals surface area contributed by atoms with Crippen LogP contribution in [0.4, 0.5) is 4.79 Å². The third-order valence-electron chi connectivity index (χ3n) is 6.60. The van der Waals surface area contributed by atoms with Crippen LogP contribution in [-0.4, -0.2) is 42.9 Å². The molecule has 3 N–H and O–H groups in total. The molecular formula is C29H32N4O3. The van der Waals surface area contributed by atoms with Crippen LogP contribution < -0.4 is 10.6 Å². The van der Waals surface area contributed by atoms with Crippen molar-refractivity contribution in [1.29, 1.82) is 5.41 Å². The lowest BCUT2D eigenvalue weighted by Crippen LogP contribution is -2.53. The van der Waals surface area contributed by atoms with E-state index in [9.17, 15) is 9.59 Å². The van der Waals surface area contributed by atoms with Crippen molar-refractivity contribution in [2.24, 2.45) is 5.92 Å². The Balaban J connectivity index is 1.29. The molecule has 0 aromatic heterocycles. The number of nitrogens with zero attached hydrogens (tertiary/aromatic N) is 1. The molecule has 7 nitrogen and oxygen atoms in total. The molecule has 1 aliphatic rings. The molecule has 4 rings (SSSR count). The zero-order chi connectivity index (χ0) is 25.2. The van der Waals surface area contributed by atoms with E-state index in [-0.39, 0.29) is 18.7 Å². The summed E-state index contributed by atoms with van der Waals surface area (Å²) in [6, 6.07) is 28.5. The molecule has 1 heterocycles. The van der Waals surface area contributed by atoms with Gasteiger partial charge in [-0.05, 0) is 35.4 Å². The van der Waals surface area contributed by atoms with Crippen molar-refractivity contribution in [3.63, 3.8) is 0 Å². The number of nitrogens with one attached hydrogen (secondary N) is 3. The molecule has 1 amide bonds. The highest BCUT2D eigenvalue weighted by Crippen LogP contribution is 2.27. The Morgan fingerprint density at radius 1 is 0.917 bits per heavy atom. The first-order valence-corrected chi connectivity index (χ1v) is 12.2. The van der Waals surface area contributed by atoms with Crippen LogP contribution in [0.1, 0.15) is 29.5 Å².